The summed E-state index contributed by atoms with van der Waals surface area (Å²) < 4.78 is 5.99. The Morgan fingerprint density at radius 1 is 1.10 bits per heavy atom. The average Bonchev–Trinajstić information content (AvgIpc) is 3.23. The van der Waals surface area contributed by atoms with Gasteiger partial charge in [0.15, 0.2) is 0 Å². The van der Waals surface area contributed by atoms with Crippen molar-refractivity contribution in [3.63, 3.8) is 0 Å². The quantitative estimate of drug-likeness (QED) is 0.673. The predicted molar refractivity (Wildman–Crippen MR) is 124 cm³/mol. The van der Waals surface area contributed by atoms with Gasteiger partial charge in [-0.2, -0.15) is 0 Å². The second-order valence-electron chi connectivity index (χ2n) is 8.03. The van der Waals surface area contributed by atoms with E-state index in [4.69, 9.17) is 4.74 Å². The van der Waals surface area contributed by atoms with Crippen LogP contribution in [0.3, 0.4) is 0 Å². The summed E-state index contributed by atoms with van der Waals surface area (Å²) >= 11 is 1.75. The summed E-state index contributed by atoms with van der Waals surface area (Å²) in [4.78, 5) is 18.1. The molecule has 2 aromatic carbocycles. The molecule has 2 amide bonds. The number of carbonyl (C=O) groups is 1. The first-order chi connectivity index (χ1) is 14.7. The molecular formula is C24H31N3O2S. The second kappa shape index (κ2) is 10.2. The molecule has 0 aliphatic carbocycles. The van der Waals surface area contributed by atoms with Gasteiger partial charge in [0.25, 0.3) is 0 Å². The summed E-state index contributed by atoms with van der Waals surface area (Å²) in [5, 5.41) is 3.10. The zero-order valence-electron chi connectivity index (χ0n) is 17.7. The number of fused-ring (bicyclic) bond motifs is 1. The van der Waals surface area contributed by atoms with Gasteiger partial charge >= 0.3 is 6.03 Å². The van der Waals surface area contributed by atoms with E-state index in [1.807, 2.05) is 23.1 Å². The third-order valence-corrected chi connectivity index (χ3v) is 6.83. The Morgan fingerprint density at radius 3 is 2.63 bits per heavy atom. The van der Waals surface area contributed by atoms with Crippen LogP contribution in [0.2, 0.25) is 0 Å². The zero-order valence-corrected chi connectivity index (χ0v) is 18.5. The van der Waals surface area contributed by atoms with Crippen molar-refractivity contribution in [2.24, 2.45) is 5.92 Å². The minimum Gasteiger partial charge on any atom is -0.493 e. The van der Waals surface area contributed by atoms with Gasteiger partial charge in [-0.3, -0.25) is 4.90 Å². The topological polar surface area (TPSA) is 44.8 Å². The van der Waals surface area contributed by atoms with Crippen molar-refractivity contribution in [1.82, 2.24) is 10.2 Å². The number of piperidine rings is 1. The van der Waals surface area contributed by atoms with Gasteiger partial charge in [0.1, 0.15) is 5.75 Å². The fourth-order valence-corrected chi connectivity index (χ4v) is 4.64. The number of carbonyl (C=O) groups excluding carboxylic acids is 1. The largest absolute Gasteiger partial charge is 0.493 e. The fraction of sp³-hybridized carbons (Fsp3) is 0.458. The Labute approximate surface area is 183 Å². The fourth-order valence-electron chi connectivity index (χ4n) is 4.23. The number of benzene rings is 2. The highest BCUT2D eigenvalue weighted by atomic mass is 32.2. The van der Waals surface area contributed by atoms with Crippen LogP contribution in [0.25, 0.3) is 0 Å². The first kappa shape index (κ1) is 21.1. The zero-order chi connectivity index (χ0) is 20.8. The first-order valence-corrected chi connectivity index (χ1v) is 12.1. The number of rotatable bonds is 7. The molecule has 4 rings (SSSR count). The number of para-hydroxylation sites is 1. The number of ether oxygens (including phenoxy) is 1. The molecule has 2 aliphatic heterocycles. The van der Waals surface area contributed by atoms with Crippen LogP contribution < -0.4 is 15.0 Å². The Balaban J connectivity index is 1.13. The maximum Gasteiger partial charge on any atom is 0.321 e. The molecule has 6 heteroatoms. The summed E-state index contributed by atoms with van der Waals surface area (Å²) in [5.74, 6) is 1.57. The van der Waals surface area contributed by atoms with Gasteiger partial charge in [-0.25, -0.2) is 4.79 Å². The Kier molecular flexibility index (Phi) is 7.18. The Morgan fingerprint density at radius 2 is 1.87 bits per heavy atom. The van der Waals surface area contributed by atoms with E-state index in [0.29, 0.717) is 12.5 Å². The number of nitrogens with one attached hydrogen (secondary N) is 1. The van der Waals surface area contributed by atoms with Crippen LogP contribution in [0.4, 0.5) is 10.5 Å². The lowest BCUT2D eigenvalue weighted by molar-refractivity contribution is 0.142. The number of anilines is 1. The van der Waals surface area contributed by atoms with Crippen LogP contribution in [0.5, 0.6) is 5.75 Å². The summed E-state index contributed by atoms with van der Waals surface area (Å²) in [6.45, 7) is 5.31. The Hall–Kier alpha value is -2.18. The molecule has 0 bridgehead atoms. The molecule has 1 fully saturated rings. The van der Waals surface area contributed by atoms with Crippen molar-refractivity contribution in [3.05, 3.63) is 54.1 Å². The van der Waals surface area contributed by atoms with Crippen molar-refractivity contribution in [3.8, 4) is 5.75 Å². The van der Waals surface area contributed by atoms with Crippen molar-refractivity contribution >= 4 is 23.5 Å². The minimum absolute atomic E-state index is 0.0238. The molecule has 160 valence electrons. The van der Waals surface area contributed by atoms with Gasteiger partial charge in [0.2, 0.25) is 0 Å². The predicted octanol–water partition coefficient (Wildman–Crippen LogP) is 4.27. The van der Waals surface area contributed by atoms with Gasteiger partial charge < -0.3 is 15.0 Å². The number of urea groups is 1. The second-order valence-corrected chi connectivity index (χ2v) is 8.91. The van der Waals surface area contributed by atoms with Crippen molar-refractivity contribution in [2.75, 3.05) is 50.5 Å². The number of amides is 2. The van der Waals surface area contributed by atoms with E-state index < -0.39 is 0 Å². The monoisotopic (exact) mass is 425 g/mol. The highest BCUT2D eigenvalue weighted by Gasteiger charge is 2.24. The third kappa shape index (κ3) is 5.29. The van der Waals surface area contributed by atoms with E-state index in [9.17, 15) is 4.79 Å². The highest BCUT2D eigenvalue weighted by Crippen LogP contribution is 2.27. The van der Waals surface area contributed by atoms with Crippen LogP contribution in [-0.4, -0.2) is 56.5 Å². The molecule has 5 nitrogen and oxygen atoms in total. The lowest BCUT2D eigenvalue weighted by Gasteiger charge is -2.32. The molecule has 0 spiro atoms. The van der Waals surface area contributed by atoms with Gasteiger partial charge in [-0.05, 0) is 80.4 Å². The van der Waals surface area contributed by atoms with Gasteiger partial charge in [0, 0.05) is 30.2 Å². The molecule has 1 saturated heterocycles. The molecule has 1 N–H and O–H groups in total. The number of hydrogen-bond donors (Lipinski definition) is 1. The summed E-state index contributed by atoms with van der Waals surface area (Å²) in [5.41, 5.74) is 2.32. The third-order valence-electron chi connectivity index (χ3n) is 6.09. The van der Waals surface area contributed by atoms with E-state index in [1.54, 1.807) is 11.8 Å². The molecule has 2 aromatic rings. The maximum absolute atomic E-state index is 12.5. The van der Waals surface area contributed by atoms with Crippen LogP contribution in [0.15, 0.2) is 53.4 Å². The van der Waals surface area contributed by atoms with Crippen molar-refractivity contribution in [2.45, 2.75) is 24.2 Å². The van der Waals surface area contributed by atoms with E-state index in [-0.39, 0.29) is 6.03 Å². The molecule has 0 saturated carbocycles. The first-order valence-electron chi connectivity index (χ1n) is 10.9. The normalized spacial score (nSPS) is 17.0. The molecular weight excluding hydrogens is 394 g/mol. The molecule has 30 heavy (non-hydrogen) atoms. The van der Waals surface area contributed by atoms with Gasteiger partial charge in [-0.15, -0.1) is 11.8 Å². The van der Waals surface area contributed by atoms with Gasteiger partial charge in [0.05, 0.1) is 6.61 Å². The molecule has 2 aliphatic rings. The molecule has 0 aromatic heterocycles. The number of nitrogens with zero attached hydrogens (tertiary/aromatic N) is 2. The number of hydrogen-bond acceptors (Lipinski definition) is 4. The van der Waals surface area contributed by atoms with E-state index >= 15 is 0 Å². The van der Waals surface area contributed by atoms with Crippen LogP contribution in [0.1, 0.15) is 18.4 Å². The van der Waals surface area contributed by atoms with Crippen LogP contribution >= 0.6 is 11.8 Å². The summed E-state index contributed by atoms with van der Waals surface area (Å²) in [6, 6.07) is 16.5. The average molecular weight is 426 g/mol. The van der Waals surface area contributed by atoms with Gasteiger partial charge in [-0.1, -0.05) is 18.2 Å². The molecule has 0 unspecified atom stereocenters. The lowest BCUT2D eigenvalue weighted by Crippen LogP contribution is -2.44. The number of thioether (sulfide) groups is 1. The molecule has 2 heterocycles. The van der Waals surface area contributed by atoms with Crippen molar-refractivity contribution in [1.29, 1.82) is 0 Å². The van der Waals surface area contributed by atoms with Crippen LogP contribution in [0, 0.1) is 5.92 Å². The SMILES string of the molecule is CSc1ccc(OCC2CCN(CCNC(=O)N3CCc4ccccc43)CC2)cc1. The highest BCUT2D eigenvalue weighted by molar-refractivity contribution is 7.98. The van der Waals surface area contributed by atoms with E-state index in [1.165, 1.54) is 10.5 Å². The molecule has 0 atom stereocenters. The molecule has 0 radical (unpaired) electrons. The van der Waals surface area contributed by atoms with E-state index in [0.717, 1.165) is 63.5 Å². The Bertz CT molecular complexity index is 835. The number of likely N-dealkylation sites (tertiary alicyclic amines) is 1. The maximum atomic E-state index is 12.5. The lowest BCUT2D eigenvalue weighted by atomic mass is 9.98. The summed E-state index contributed by atoms with van der Waals surface area (Å²) in [7, 11) is 0. The minimum atomic E-state index is 0.0238. The smallest absolute Gasteiger partial charge is 0.321 e. The van der Waals surface area contributed by atoms with E-state index in [2.05, 4.69) is 46.8 Å². The summed E-state index contributed by atoms with van der Waals surface area (Å²) in [6.07, 6.45) is 5.33. The van der Waals surface area contributed by atoms with Crippen molar-refractivity contribution < 1.29 is 9.53 Å². The standard InChI is InChI=1S/C24H31N3O2S/c1-30-22-8-6-21(7-9-22)29-18-19-10-14-26(15-11-19)17-13-25-24(28)27-16-12-20-4-2-3-5-23(20)27/h2-9,19H,10-18H2,1H3,(H,25,28). The van der Waals surface area contributed by atoms with Crippen LogP contribution in [-0.2, 0) is 6.42 Å².